The molecule has 2 N–H and O–H groups in total. The fourth-order valence-electron chi connectivity index (χ4n) is 0.965. The second kappa shape index (κ2) is 4.13. The van der Waals surface area contributed by atoms with Crippen molar-refractivity contribution in [2.75, 3.05) is 0 Å². The summed E-state index contributed by atoms with van der Waals surface area (Å²) in [5, 5.41) is 1.32. The molecule has 0 aliphatic rings. The summed E-state index contributed by atoms with van der Waals surface area (Å²) in [6.07, 6.45) is 0.704. The fraction of sp³-hybridized carbons (Fsp3) is 0.222. The molecule has 1 aromatic rings. The lowest BCUT2D eigenvalue weighted by atomic mass is 10.1. The van der Waals surface area contributed by atoms with Gasteiger partial charge in [-0.25, -0.2) is 0 Å². The molecule has 1 rings (SSSR count). The van der Waals surface area contributed by atoms with Crippen LogP contribution in [0.3, 0.4) is 0 Å². The number of nitrogens with two attached hydrogens (primary N) is 1. The Labute approximate surface area is 82.5 Å². The topological polar surface area (TPSA) is 26.0 Å². The molecule has 0 atom stereocenters. The van der Waals surface area contributed by atoms with Gasteiger partial charge in [-0.1, -0.05) is 29.3 Å². The van der Waals surface area contributed by atoms with Crippen LogP contribution in [0.2, 0.25) is 10.0 Å². The normalized spacial score (nSPS) is 10.8. The lowest BCUT2D eigenvalue weighted by Gasteiger charge is -2.06. The molecule has 0 spiro atoms. The third-order valence-electron chi connectivity index (χ3n) is 1.48. The van der Waals surface area contributed by atoms with Crippen LogP contribution in [0.1, 0.15) is 12.5 Å². The van der Waals surface area contributed by atoms with Crippen LogP contribution in [-0.4, -0.2) is 0 Å². The minimum Gasteiger partial charge on any atom is -0.323 e. The Bertz CT molecular complexity index is 271. The van der Waals surface area contributed by atoms with Gasteiger partial charge in [0.05, 0.1) is 0 Å². The van der Waals surface area contributed by atoms with Crippen molar-refractivity contribution in [2.45, 2.75) is 13.3 Å². The summed E-state index contributed by atoms with van der Waals surface area (Å²) in [5.41, 5.74) is 6.57. The third-order valence-corrected chi connectivity index (χ3v) is 2.07. The predicted molar refractivity (Wildman–Crippen MR) is 53.3 cm³/mol. The highest BCUT2D eigenvalue weighted by atomic mass is 35.5. The highest BCUT2D eigenvalue weighted by molar-refractivity contribution is 6.35. The van der Waals surface area contributed by atoms with E-state index >= 15 is 0 Å². The summed E-state index contributed by atoms with van der Waals surface area (Å²) in [4.78, 5) is 0. The molecule has 0 unspecified atom stereocenters. The zero-order chi connectivity index (χ0) is 9.14. The maximum absolute atomic E-state index is 5.92. The van der Waals surface area contributed by atoms with E-state index in [-0.39, 0.29) is 0 Å². The summed E-state index contributed by atoms with van der Waals surface area (Å²) < 4.78 is 0. The third kappa shape index (κ3) is 2.67. The molecule has 0 aromatic heterocycles. The first-order valence-electron chi connectivity index (χ1n) is 3.61. The Morgan fingerprint density at radius 3 is 2.58 bits per heavy atom. The number of hydrogen-bond donors (Lipinski definition) is 1. The second-order valence-electron chi connectivity index (χ2n) is 2.76. The van der Waals surface area contributed by atoms with Crippen molar-refractivity contribution in [3.05, 3.63) is 39.8 Å². The smallest absolute Gasteiger partial charge is 0.0453 e. The van der Waals surface area contributed by atoms with E-state index in [1.54, 1.807) is 6.07 Å². The first kappa shape index (κ1) is 9.85. The van der Waals surface area contributed by atoms with Crippen molar-refractivity contribution in [1.82, 2.24) is 0 Å². The van der Waals surface area contributed by atoms with Gasteiger partial charge in [0.1, 0.15) is 0 Å². The van der Waals surface area contributed by atoms with Crippen molar-refractivity contribution in [3.63, 3.8) is 0 Å². The SMILES string of the molecule is C[C](N)Cc1ccc(Cl)cc1Cl. The van der Waals surface area contributed by atoms with Gasteiger partial charge in [0.2, 0.25) is 0 Å². The maximum atomic E-state index is 5.92. The van der Waals surface area contributed by atoms with Gasteiger partial charge in [-0.15, -0.1) is 0 Å². The van der Waals surface area contributed by atoms with Crippen LogP contribution in [0.4, 0.5) is 0 Å². The van der Waals surface area contributed by atoms with E-state index in [1.807, 2.05) is 19.1 Å². The first-order chi connectivity index (χ1) is 5.59. The van der Waals surface area contributed by atoms with Gasteiger partial charge in [0, 0.05) is 16.1 Å². The van der Waals surface area contributed by atoms with Crippen molar-refractivity contribution in [1.29, 1.82) is 0 Å². The molecule has 0 heterocycles. The Morgan fingerprint density at radius 1 is 1.42 bits per heavy atom. The van der Waals surface area contributed by atoms with Crippen molar-refractivity contribution in [2.24, 2.45) is 5.73 Å². The standard InChI is InChI=1S/C9H10Cl2N/c1-6(12)4-7-2-3-8(10)5-9(7)11/h2-3,5H,4,12H2,1H3. The number of benzene rings is 1. The highest BCUT2D eigenvalue weighted by Crippen LogP contribution is 2.22. The van der Waals surface area contributed by atoms with E-state index in [4.69, 9.17) is 28.9 Å². The Balaban J connectivity index is 2.86. The van der Waals surface area contributed by atoms with E-state index in [9.17, 15) is 0 Å². The van der Waals surface area contributed by atoms with E-state index in [0.717, 1.165) is 11.6 Å². The van der Waals surface area contributed by atoms with E-state index < -0.39 is 0 Å². The Kier molecular flexibility index (Phi) is 3.39. The molecule has 0 saturated carbocycles. The zero-order valence-electron chi connectivity index (χ0n) is 6.77. The summed E-state index contributed by atoms with van der Waals surface area (Å²) in [6, 6.07) is 6.27. The van der Waals surface area contributed by atoms with Crippen molar-refractivity contribution < 1.29 is 0 Å². The number of hydrogen-bond acceptors (Lipinski definition) is 1. The summed E-state index contributed by atoms with van der Waals surface area (Å²) in [7, 11) is 0. The van der Waals surface area contributed by atoms with Crippen molar-refractivity contribution in [3.8, 4) is 0 Å². The molecule has 0 bridgehead atoms. The molecular weight excluding hydrogens is 193 g/mol. The highest BCUT2D eigenvalue weighted by Gasteiger charge is 2.03. The Hall–Kier alpha value is -0.240. The summed E-state index contributed by atoms with van der Waals surface area (Å²) in [5.74, 6) is 0. The van der Waals surface area contributed by atoms with Gasteiger partial charge in [-0.3, -0.25) is 0 Å². The van der Waals surface area contributed by atoms with Gasteiger partial charge in [0.25, 0.3) is 0 Å². The quantitative estimate of drug-likeness (QED) is 0.785. The molecule has 65 valence electrons. The average Bonchev–Trinajstić information content (AvgIpc) is 1.94. The summed E-state index contributed by atoms with van der Waals surface area (Å²) in [6.45, 7) is 1.87. The van der Waals surface area contributed by atoms with Crippen LogP contribution in [-0.2, 0) is 6.42 Å². The van der Waals surface area contributed by atoms with Crippen molar-refractivity contribution >= 4 is 23.2 Å². The van der Waals surface area contributed by atoms with Gasteiger partial charge >= 0.3 is 0 Å². The summed E-state index contributed by atoms with van der Waals surface area (Å²) >= 11 is 11.7. The molecule has 0 saturated heterocycles. The van der Waals surface area contributed by atoms with Crippen LogP contribution in [0.5, 0.6) is 0 Å². The molecule has 0 amide bonds. The van der Waals surface area contributed by atoms with Gasteiger partial charge in [-0.05, 0) is 31.0 Å². The number of halogens is 2. The monoisotopic (exact) mass is 202 g/mol. The minimum absolute atomic E-state index is 0.651. The largest absolute Gasteiger partial charge is 0.323 e. The van der Waals surface area contributed by atoms with Crippen LogP contribution in [0.15, 0.2) is 18.2 Å². The predicted octanol–water partition coefficient (Wildman–Crippen LogP) is 3.05. The van der Waals surface area contributed by atoms with Crippen LogP contribution >= 0.6 is 23.2 Å². The van der Waals surface area contributed by atoms with Gasteiger partial charge in [-0.2, -0.15) is 0 Å². The van der Waals surface area contributed by atoms with Gasteiger partial charge < -0.3 is 5.73 Å². The molecule has 12 heavy (non-hydrogen) atoms. The molecule has 1 radical (unpaired) electrons. The molecule has 1 nitrogen and oxygen atoms in total. The van der Waals surface area contributed by atoms with E-state index in [2.05, 4.69) is 0 Å². The second-order valence-corrected chi connectivity index (χ2v) is 3.60. The lowest BCUT2D eigenvalue weighted by molar-refractivity contribution is 0.921. The molecule has 3 heteroatoms. The average molecular weight is 203 g/mol. The molecular formula is C9H10Cl2N. The van der Waals surface area contributed by atoms with Gasteiger partial charge in [0.15, 0.2) is 0 Å². The first-order valence-corrected chi connectivity index (χ1v) is 4.37. The van der Waals surface area contributed by atoms with E-state index in [0.29, 0.717) is 16.5 Å². The van der Waals surface area contributed by atoms with Crippen LogP contribution in [0.25, 0.3) is 0 Å². The molecule has 0 aliphatic carbocycles. The number of rotatable bonds is 2. The molecule has 0 aliphatic heterocycles. The maximum Gasteiger partial charge on any atom is 0.0453 e. The van der Waals surface area contributed by atoms with Crippen LogP contribution < -0.4 is 5.73 Å². The fourth-order valence-corrected chi connectivity index (χ4v) is 1.44. The molecule has 1 aromatic carbocycles. The minimum atomic E-state index is 0.651. The lowest BCUT2D eigenvalue weighted by Crippen LogP contribution is -2.07. The van der Waals surface area contributed by atoms with E-state index in [1.165, 1.54) is 0 Å². The Morgan fingerprint density at radius 2 is 2.08 bits per heavy atom. The van der Waals surface area contributed by atoms with Crippen LogP contribution in [0, 0.1) is 6.04 Å². The molecule has 0 fully saturated rings. The zero-order valence-corrected chi connectivity index (χ0v) is 8.28.